The van der Waals surface area contributed by atoms with Crippen LogP contribution in [0.15, 0.2) is 18.2 Å². The maximum absolute atomic E-state index is 6.11. The van der Waals surface area contributed by atoms with E-state index in [1.54, 1.807) is 0 Å². The molecule has 0 radical (unpaired) electrons. The summed E-state index contributed by atoms with van der Waals surface area (Å²) in [5.41, 5.74) is 0. The molecule has 1 aromatic rings. The Morgan fingerprint density at radius 3 is 2.27 bits per heavy atom. The number of rotatable bonds is 5. The van der Waals surface area contributed by atoms with Crippen LogP contribution in [0.2, 0.25) is 10.0 Å². The summed E-state index contributed by atoms with van der Waals surface area (Å²) in [6.45, 7) is 6.22. The zero-order valence-electron chi connectivity index (χ0n) is 12.9. The molecule has 0 bridgehead atoms. The first-order valence-corrected chi connectivity index (χ1v) is 9.03. The molecule has 0 N–H and O–H groups in total. The Labute approximate surface area is 143 Å². The third-order valence-electron chi connectivity index (χ3n) is 4.82. The molecule has 0 unspecified atom stereocenters. The fourth-order valence-corrected chi connectivity index (χ4v) is 4.03. The second-order valence-corrected chi connectivity index (χ2v) is 7.03. The van der Waals surface area contributed by atoms with Crippen molar-refractivity contribution in [1.82, 2.24) is 9.80 Å². The quantitative estimate of drug-likeness (QED) is 0.806. The van der Waals surface area contributed by atoms with Gasteiger partial charge in [-0.1, -0.05) is 42.1 Å². The highest BCUT2D eigenvalue weighted by Gasteiger charge is 2.25. The van der Waals surface area contributed by atoms with E-state index >= 15 is 0 Å². The summed E-state index contributed by atoms with van der Waals surface area (Å²) in [6.07, 6.45) is 5.62. The standard InChI is InChI=1S/C17H24Cl2N2O/c18-15-6-3-7-16(19)17(15)22-13-12-20-8-10-21(11-9-20)14-4-1-2-5-14/h3,6-7,14H,1-2,4-5,8-13H2. The Bertz CT molecular complexity index is 463. The van der Waals surface area contributed by atoms with Crippen molar-refractivity contribution in [2.45, 2.75) is 31.7 Å². The molecule has 1 aliphatic heterocycles. The van der Waals surface area contributed by atoms with Crippen LogP contribution in [0.25, 0.3) is 0 Å². The highest BCUT2D eigenvalue weighted by molar-refractivity contribution is 6.37. The molecule has 1 aromatic carbocycles. The monoisotopic (exact) mass is 342 g/mol. The molecule has 1 saturated carbocycles. The molecule has 0 amide bonds. The maximum Gasteiger partial charge on any atom is 0.156 e. The van der Waals surface area contributed by atoms with Gasteiger partial charge < -0.3 is 4.74 Å². The number of piperazine rings is 1. The van der Waals surface area contributed by atoms with Gasteiger partial charge in [0.25, 0.3) is 0 Å². The van der Waals surface area contributed by atoms with E-state index in [1.807, 2.05) is 18.2 Å². The highest BCUT2D eigenvalue weighted by atomic mass is 35.5. The van der Waals surface area contributed by atoms with E-state index in [4.69, 9.17) is 27.9 Å². The molecule has 0 atom stereocenters. The molecule has 2 fully saturated rings. The number of ether oxygens (including phenoxy) is 1. The molecular formula is C17H24Cl2N2O. The third-order valence-corrected chi connectivity index (χ3v) is 5.42. The molecule has 122 valence electrons. The van der Waals surface area contributed by atoms with Gasteiger partial charge in [0.05, 0.1) is 10.0 Å². The van der Waals surface area contributed by atoms with Crippen LogP contribution in [-0.2, 0) is 0 Å². The van der Waals surface area contributed by atoms with Gasteiger partial charge in [-0.15, -0.1) is 0 Å². The zero-order valence-corrected chi connectivity index (χ0v) is 14.5. The molecule has 0 spiro atoms. The SMILES string of the molecule is Clc1cccc(Cl)c1OCCN1CCN(C2CCCC2)CC1. The summed E-state index contributed by atoms with van der Waals surface area (Å²) in [5, 5.41) is 1.16. The van der Waals surface area contributed by atoms with Crippen LogP contribution >= 0.6 is 23.2 Å². The van der Waals surface area contributed by atoms with Crippen LogP contribution in [0.3, 0.4) is 0 Å². The summed E-state index contributed by atoms with van der Waals surface area (Å²) in [4.78, 5) is 5.14. The lowest BCUT2D eigenvalue weighted by molar-refractivity contribution is 0.0882. The van der Waals surface area contributed by atoms with Gasteiger partial charge in [0.15, 0.2) is 5.75 Å². The van der Waals surface area contributed by atoms with Crippen molar-refractivity contribution >= 4 is 23.2 Å². The largest absolute Gasteiger partial charge is 0.489 e. The van der Waals surface area contributed by atoms with Crippen molar-refractivity contribution in [3.05, 3.63) is 28.2 Å². The van der Waals surface area contributed by atoms with Crippen molar-refractivity contribution in [2.24, 2.45) is 0 Å². The molecule has 0 aromatic heterocycles. The van der Waals surface area contributed by atoms with E-state index in [0.29, 0.717) is 22.4 Å². The lowest BCUT2D eigenvalue weighted by Crippen LogP contribution is -2.50. The molecular weight excluding hydrogens is 319 g/mol. The molecule has 22 heavy (non-hydrogen) atoms. The minimum absolute atomic E-state index is 0.582. The average Bonchev–Trinajstić information content (AvgIpc) is 3.05. The Hall–Kier alpha value is -0.480. The minimum atomic E-state index is 0.582. The van der Waals surface area contributed by atoms with Gasteiger partial charge >= 0.3 is 0 Å². The Kier molecular flexibility index (Phi) is 5.86. The van der Waals surface area contributed by atoms with Gasteiger partial charge in [0.2, 0.25) is 0 Å². The highest BCUT2D eigenvalue weighted by Crippen LogP contribution is 2.32. The van der Waals surface area contributed by atoms with Gasteiger partial charge in [0, 0.05) is 38.8 Å². The minimum Gasteiger partial charge on any atom is -0.489 e. The van der Waals surface area contributed by atoms with Crippen molar-refractivity contribution in [2.75, 3.05) is 39.3 Å². The van der Waals surface area contributed by atoms with Crippen molar-refractivity contribution < 1.29 is 4.74 Å². The molecule has 3 rings (SSSR count). The number of para-hydroxylation sites is 1. The number of hydrogen-bond donors (Lipinski definition) is 0. The second-order valence-electron chi connectivity index (χ2n) is 6.22. The zero-order chi connectivity index (χ0) is 15.4. The van der Waals surface area contributed by atoms with E-state index in [-0.39, 0.29) is 0 Å². The lowest BCUT2D eigenvalue weighted by Gasteiger charge is -2.38. The van der Waals surface area contributed by atoms with Crippen LogP contribution in [0.5, 0.6) is 5.75 Å². The van der Waals surface area contributed by atoms with Crippen LogP contribution in [0.4, 0.5) is 0 Å². The van der Waals surface area contributed by atoms with Gasteiger partial charge in [-0.3, -0.25) is 9.80 Å². The van der Waals surface area contributed by atoms with Crippen LogP contribution in [0, 0.1) is 0 Å². The first kappa shape index (κ1) is 16.4. The van der Waals surface area contributed by atoms with Crippen molar-refractivity contribution in [3.8, 4) is 5.75 Å². The molecule has 1 aliphatic carbocycles. The van der Waals surface area contributed by atoms with Crippen molar-refractivity contribution in [1.29, 1.82) is 0 Å². The Morgan fingerprint density at radius 1 is 1.00 bits per heavy atom. The van der Waals surface area contributed by atoms with Gasteiger partial charge in [-0.25, -0.2) is 0 Å². The normalized spacial score (nSPS) is 21.4. The van der Waals surface area contributed by atoms with E-state index in [9.17, 15) is 0 Å². The second kappa shape index (κ2) is 7.87. The van der Waals surface area contributed by atoms with Crippen LogP contribution < -0.4 is 4.74 Å². The average molecular weight is 343 g/mol. The summed E-state index contributed by atoms with van der Waals surface area (Å²) in [5.74, 6) is 0.607. The Morgan fingerprint density at radius 2 is 1.64 bits per heavy atom. The number of halogens is 2. The van der Waals surface area contributed by atoms with Crippen LogP contribution in [-0.4, -0.2) is 55.2 Å². The molecule has 1 heterocycles. The van der Waals surface area contributed by atoms with E-state index in [0.717, 1.165) is 25.7 Å². The van der Waals surface area contributed by atoms with Crippen molar-refractivity contribution in [3.63, 3.8) is 0 Å². The summed E-state index contributed by atoms with van der Waals surface area (Å²) < 4.78 is 5.78. The van der Waals surface area contributed by atoms with Gasteiger partial charge in [-0.2, -0.15) is 0 Å². The molecule has 5 heteroatoms. The lowest BCUT2D eigenvalue weighted by atomic mass is 10.2. The first-order chi connectivity index (χ1) is 10.7. The predicted octanol–water partition coefficient (Wildman–Crippen LogP) is 3.93. The molecule has 1 saturated heterocycles. The van der Waals surface area contributed by atoms with E-state index in [2.05, 4.69) is 9.80 Å². The summed E-state index contributed by atoms with van der Waals surface area (Å²) >= 11 is 12.2. The first-order valence-electron chi connectivity index (χ1n) is 8.27. The van der Waals surface area contributed by atoms with Gasteiger partial charge in [-0.05, 0) is 25.0 Å². The molecule has 2 aliphatic rings. The molecule has 3 nitrogen and oxygen atoms in total. The van der Waals surface area contributed by atoms with E-state index in [1.165, 1.54) is 38.8 Å². The number of hydrogen-bond acceptors (Lipinski definition) is 3. The smallest absolute Gasteiger partial charge is 0.156 e. The Balaban J connectivity index is 1.40. The predicted molar refractivity (Wildman–Crippen MR) is 92.2 cm³/mol. The summed E-state index contributed by atoms with van der Waals surface area (Å²) in [6, 6.07) is 6.30. The number of nitrogens with zero attached hydrogens (tertiary/aromatic N) is 2. The topological polar surface area (TPSA) is 15.7 Å². The van der Waals surface area contributed by atoms with Crippen LogP contribution in [0.1, 0.15) is 25.7 Å². The number of benzene rings is 1. The fourth-order valence-electron chi connectivity index (χ4n) is 3.52. The third kappa shape index (κ3) is 4.08. The maximum atomic E-state index is 6.11. The van der Waals surface area contributed by atoms with E-state index < -0.39 is 0 Å². The van der Waals surface area contributed by atoms with Gasteiger partial charge in [0.1, 0.15) is 6.61 Å². The summed E-state index contributed by atoms with van der Waals surface area (Å²) in [7, 11) is 0. The fraction of sp³-hybridized carbons (Fsp3) is 0.647.